The van der Waals surface area contributed by atoms with E-state index in [1.807, 2.05) is 31.0 Å². The van der Waals surface area contributed by atoms with Crippen LogP contribution in [-0.2, 0) is 4.79 Å². The first kappa shape index (κ1) is 15.1. The predicted molar refractivity (Wildman–Crippen MR) is 78.6 cm³/mol. The SMILES string of the molecule is CCCOc1cc(N(C)CC(=O)N(C)C)ccc1N. The number of nitrogens with zero attached hydrogens (tertiary/aromatic N) is 2. The van der Waals surface area contributed by atoms with Crippen LogP contribution in [0.25, 0.3) is 0 Å². The van der Waals surface area contributed by atoms with Gasteiger partial charge in [-0.3, -0.25) is 4.79 Å². The van der Waals surface area contributed by atoms with E-state index in [1.165, 1.54) is 0 Å². The van der Waals surface area contributed by atoms with Gasteiger partial charge in [0.25, 0.3) is 0 Å². The Morgan fingerprint density at radius 3 is 2.58 bits per heavy atom. The molecule has 5 heteroatoms. The lowest BCUT2D eigenvalue weighted by molar-refractivity contribution is -0.127. The van der Waals surface area contributed by atoms with Crippen LogP contribution in [0.1, 0.15) is 13.3 Å². The van der Waals surface area contributed by atoms with Crippen molar-refractivity contribution in [3.05, 3.63) is 18.2 Å². The largest absolute Gasteiger partial charge is 0.491 e. The van der Waals surface area contributed by atoms with E-state index < -0.39 is 0 Å². The van der Waals surface area contributed by atoms with E-state index >= 15 is 0 Å². The Morgan fingerprint density at radius 1 is 1.32 bits per heavy atom. The lowest BCUT2D eigenvalue weighted by Crippen LogP contribution is -2.34. The molecule has 1 amide bonds. The minimum atomic E-state index is 0.0513. The Hall–Kier alpha value is -1.91. The van der Waals surface area contributed by atoms with E-state index in [4.69, 9.17) is 10.5 Å². The van der Waals surface area contributed by atoms with Gasteiger partial charge in [-0.15, -0.1) is 0 Å². The number of likely N-dealkylation sites (N-methyl/N-ethyl adjacent to an activating group) is 2. The summed E-state index contributed by atoms with van der Waals surface area (Å²) in [6.45, 7) is 3.00. The molecule has 1 rings (SSSR count). The number of anilines is 2. The molecular formula is C14H23N3O2. The van der Waals surface area contributed by atoms with Crippen molar-refractivity contribution in [1.82, 2.24) is 4.90 Å². The summed E-state index contributed by atoms with van der Waals surface area (Å²) in [5, 5.41) is 0. The molecule has 2 N–H and O–H groups in total. The lowest BCUT2D eigenvalue weighted by Gasteiger charge is -2.22. The zero-order valence-corrected chi connectivity index (χ0v) is 12.1. The summed E-state index contributed by atoms with van der Waals surface area (Å²) in [5.41, 5.74) is 7.39. The summed E-state index contributed by atoms with van der Waals surface area (Å²) < 4.78 is 5.58. The van der Waals surface area contributed by atoms with Crippen molar-refractivity contribution in [1.29, 1.82) is 0 Å². The second-order valence-corrected chi connectivity index (χ2v) is 4.71. The molecule has 0 unspecified atom stereocenters. The molecule has 0 heterocycles. The quantitative estimate of drug-likeness (QED) is 0.793. The highest BCUT2D eigenvalue weighted by atomic mass is 16.5. The van der Waals surface area contributed by atoms with Crippen LogP contribution in [0, 0.1) is 0 Å². The number of ether oxygens (including phenoxy) is 1. The molecular weight excluding hydrogens is 242 g/mol. The third-order valence-electron chi connectivity index (χ3n) is 2.77. The maximum absolute atomic E-state index is 11.7. The normalized spacial score (nSPS) is 10.1. The number of hydrogen-bond donors (Lipinski definition) is 1. The molecule has 0 saturated carbocycles. The molecule has 1 aromatic carbocycles. The van der Waals surface area contributed by atoms with Gasteiger partial charge in [0.05, 0.1) is 18.8 Å². The van der Waals surface area contributed by atoms with E-state index in [0.717, 1.165) is 12.1 Å². The molecule has 0 atom stereocenters. The highest BCUT2D eigenvalue weighted by Crippen LogP contribution is 2.27. The smallest absolute Gasteiger partial charge is 0.241 e. The fourth-order valence-corrected chi connectivity index (χ4v) is 1.53. The third-order valence-corrected chi connectivity index (χ3v) is 2.77. The van der Waals surface area contributed by atoms with E-state index in [2.05, 4.69) is 0 Å². The van der Waals surface area contributed by atoms with Gasteiger partial charge in [-0.1, -0.05) is 6.92 Å². The topological polar surface area (TPSA) is 58.8 Å². The fourth-order valence-electron chi connectivity index (χ4n) is 1.53. The molecule has 0 aliphatic heterocycles. The number of nitrogen functional groups attached to an aromatic ring is 1. The minimum absolute atomic E-state index is 0.0513. The van der Waals surface area contributed by atoms with Crippen molar-refractivity contribution in [2.45, 2.75) is 13.3 Å². The van der Waals surface area contributed by atoms with Gasteiger partial charge in [0.1, 0.15) is 5.75 Å². The molecule has 0 aliphatic carbocycles. The second-order valence-electron chi connectivity index (χ2n) is 4.71. The van der Waals surface area contributed by atoms with Crippen molar-refractivity contribution in [3.63, 3.8) is 0 Å². The zero-order valence-electron chi connectivity index (χ0n) is 12.1. The number of benzene rings is 1. The predicted octanol–water partition coefficient (Wildman–Crippen LogP) is 1.58. The highest BCUT2D eigenvalue weighted by molar-refractivity contribution is 5.81. The van der Waals surface area contributed by atoms with Gasteiger partial charge in [0.2, 0.25) is 5.91 Å². The van der Waals surface area contributed by atoms with Crippen molar-refractivity contribution < 1.29 is 9.53 Å². The van der Waals surface area contributed by atoms with Gasteiger partial charge in [0.15, 0.2) is 0 Å². The Morgan fingerprint density at radius 2 is 2.00 bits per heavy atom. The Labute approximate surface area is 114 Å². The van der Waals surface area contributed by atoms with E-state index in [0.29, 0.717) is 24.6 Å². The second kappa shape index (κ2) is 6.87. The van der Waals surface area contributed by atoms with Crippen LogP contribution in [0.2, 0.25) is 0 Å². The summed E-state index contributed by atoms with van der Waals surface area (Å²) in [6, 6.07) is 5.56. The van der Waals surface area contributed by atoms with Gasteiger partial charge in [-0.05, 0) is 18.6 Å². The summed E-state index contributed by atoms with van der Waals surface area (Å²) in [4.78, 5) is 15.1. The van der Waals surface area contributed by atoms with E-state index in [-0.39, 0.29) is 5.91 Å². The Bertz CT molecular complexity index is 433. The summed E-state index contributed by atoms with van der Waals surface area (Å²) in [5.74, 6) is 0.721. The molecule has 106 valence electrons. The summed E-state index contributed by atoms with van der Waals surface area (Å²) in [6.07, 6.45) is 0.929. The van der Waals surface area contributed by atoms with Crippen molar-refractivity contribution in [2.24, 2.45) is 0 Å². The first-order chi connectivity index (χ1) is 8.95. The number of hydrogen-bond acceptors (Lipinski definition) is 4. The summed E-state index contributed by atoms with van der Waals surface area (Å²) >= 11 is 0. The van der Waals surface area contributed by atoms with Crippen LogP contribution in [0.4, 0.5) is 11.4 Å². The van der Waals surface area contributed by atoms with Gasteiger partial charge >= 0.3 is 0 Å². The Kier molecular flexibility index (Phi) is 5.48. The van der Waals surface area contributed by atoms with Crippen LogP contribution >= 0.6 is 0 Å². The first-order valence-electron chi connectivity index (χ1n) is 6.39. The van der Waals surface area contributed by atoms with Crippen LogP contribution in [0.3, 0.4) is 0 Å². The first-order valence-corrected chi connectivity index (χ1v) is 6.39. The monoisotopic (exact) mass is 265 g/mol. The average Bonchev–Trinajstić information content (AvgIpc) is 2.37. The fraction of sp³-hybridized carbons (Fsp3) is 0.500. The highest BCUT2D eigenvalue weighted by Gasteiger charge is 2.11. The molecule has 5 nitrogen and oxygen atoms in total. The maximum atomic E-state index is 11.7. The van der Waals surface area contributed by atoms with Crippen LogP contribution in [0.15, 0.2) is 18.2 Å². The Balaban J connectivity index is 2.80. The molecule has 0 radical (unpaired) electrons. The number of carbonyl (C=O) groups excluding carboxylic acids is 1. The van der Waals surface area contributed by atoms with Crippen molar-refractivity contribution >= 4 is 17.3 Å². The summed E-state index contributed by atoms with van der Waals surface area (Å²) in [7, 11) is 5.36. The van der Waals surface area contributed by atoms with Crippen LogP contribution in [0.5, 0.6) is 5.75 Å². The average molecular weight is 265 g/mol. The lowest BCUT2D eigenvalue weighted by atomic mass is 10.2. The molecule has 0 aliphatic rings. The molecule has 19 heavy (non-hydrogen) atoms. The molecule has 0 saturated heterocycles. The standard InChI is InChI=1S/C14H23N3O2/c1-5-8-19-13-9-11(6-7-12(13)15)17(4)10-14(18)16(2)3/h6-7,9H,5,8,10,15H2,1-4H3. The van der Waals surface area contributed by atoms with E-state index in [1.54, 1.807) is 25.1 Å². The van der Waals surface area contributed by atoms with Gasteiger partial charge in [-0.25, -0.2) is 0 Å². The van der Waals surface area contributed by atoms with Crippen molar-refractivity contribution in [2.75, 3.05) is 44.9 Å². The van der Waals surface area contributed by atoms with Crippen LogP contribution < -0.4 is 15.4 Å². The number of amides is 1. The maximum Gasteiger partial charge on any atom is 0.241 e. The number of nitrogens with two attached hydrogens (primary N) is 1. The number of carbonyl (C=O) groups is 1. The molecule has 0 aromatic heterocycles. The molecule has 0 bridgehead atoms. The minimum Gasteiger partial charge on any atom is -0.491 e. The van der Waals surface area contributed by atoms with Crippen LogP contribution in [-0.4, -0.2) is 45.1 Å². The third kappa shape index (κ3) is 4.35. The molecule has 0 fully saturated rings. The van der Waals surface area contributed by atoms with Crippen molar-refractivity contribution in [3.8, 4) is 5.75 Å². The van der Waals surface area contributed by atoms with Gasteiger partial charge < -0.3 is 20.3 Å². The molecule has 0 spiro atoms. The van der Waals surface area contributed by atoms with Gasteiger partial charge in [-0.2, -0.15) is 0 Å². The molecule has 1 aromatic rings. The van der Waals surface area contributed by atoms with E-state index in [9.17, 15) is 4.79 Å². The zero-order chi connectivity index (χ0) is 14.4. The van der Waals surface area contributed by atoms with Gasteiger partial charge in [0, 0.05) is 32.9 Å². The number of rotatable bonds is 6.